The lowest BCUT2D eigenvalue weighted by Crippen LogP contribution is -2.29. The van der Waals surface area contributed by atoms with Crippen molar-refractivity contribution in [3.8, 4) is 5.75 Å². The van der Waals surface area contributed by atoms with Crippen LogP contribution in [0.4, 0.5) is 18.9 Å². The largest absolute Gasteiger partial charge is 0.573 e. The van der Waals surface area contributed by atoms with Gasteiger partial charge in [-0.3, -0.25) is 4.99 Å². The molecule has 24 heavy (non-hydrogen) atoms. The van der Waals surface area contributed by atoms with Gasteiger partial charge >= 0.3 is 6.36 Å². The van der Waals surface area contributed by atoms with Crippen LogP contribution >= 0.6 is 0 Å². The number of ether oxygens (including phenoxy) is 1. The van der Waals surface area contributed by atoms with Gasteiger partial charge in [0.05, 0.1) is 11.5 Å². The lowest BCUT2D eigenvalue weighted by Gasteiger charge is -2.20. The van der Waals surface area contributed by atoms with Gasteiger partial charge in [0.15, 0.2) is 15.8 Å². The Kier molecular flexibility index (Phi) is 5.58. The SMILES string of the molecule is NC(=NCC1CCCS(=O)(=O)C1)Nc1cccc(OC(F)(F)F)c1. The van der Waals surface area contributed by atoms with Crippen LogP contribution in [-0.2, 0) is 9.84 Å². The van der Waals surface area contributed by atoms with Gasteiger partial charge in [-0.05, 0) is 30.9 Å². The first-order valence-electron chi connectivity index (χ1n) is 7.26. The molecule has 0 aromatic heterocycles. The molecule has 0 spiro atoms. The molecule has 1 fully saturated rings. The molecule has 3 N–H and O–H groups in total. The maximum absolute atomic E-state index is 12.2. The van der Waals surface area contributed by atoms with Crippen molar-refractivity contribution in [2.75, 3.05) is 23.4 Å². The fourth-order valence-corrected chi connectivity index (χ4v) is 4.21. The molecule has 0 saturated carbocycles. The van der Waals surface area contributed by atoms with E-state index in [9.17, 15) is 21.6 Å². The van der Waals surface area contributed by atoms with Gasteiger partial charge in [-0.25, -0.2) is 8.42 Å². The zero-order valence-electron chi connectivity index (χ0n) is 12.7. The van der Waals surface area contributed by atoms with Crippen LogP contribution in [0.5, 0.6) is 5.75 Å². The molecule has 6 nitrogen and oxygen atoms in total. The molecule has 1 aromatic rings. The van der Waals surface area contributed by atoms with Gasteiger partial charge in [-0.2, -0.15) is 0 Å². The van der Waals surface area contributed by atoms with E-state index in [1.807, 2.05) is 0 Å². The Morgan fingerprint density at radius 3 is 2.83 bits per heavy atom. The van der Waals surface area contributed by atoms with Crippen molar-refractivity contribution in [2.24, 2.45) is 16.6 Å². The minimum atomic E-state index is -4.77. The molecule has 0 bridgehead atoms. The normalized spacial score (nSPS) is 21.3. The smallest absolute Gasteiger partial charge is 0.406 e. The van der Waals surface area contributed by atoms with Crippen molar-refractivity contribution in [1.82, 2.24) is 0 Å². The van der Waals surface area contributed by atoms with Crippen LogP contribution in [0.2, 0.25) is 0 Å². The maximum Gasteiger partial charge on any atom is 0.573 e. The van der Waals surface area contributed by atoms with Crippen molar-refractivity contribution in [1.29, 1.82) is 0 Å². The van der Waals surface area contributed by atoms with Crippen molar-refractivity contribution in [3.63, 3.8) is 0 Å². The first-order chi connectivity index (χ1) is 11.1. The Hall–Kier alpha value is -1.97. The van der Waals surface area contributed by atoms with Gasteiger partial charge in [0.2, 0.25) is 0 Å². The van der Waals surface area contributed by atoms with Crippen LogP contribution in [0.3, 0.4) is 0 Å². The molecular formula is C14H18F3N3O3S. The van der Waals surface area contributed by atoms with Gasteiger partial charge in [0, 0.05) is 18.3 Å². The van der Waals surface area contributed by atoms with Crippen LogP contribution in [-0.4, -0.2) is 38.8 Å². The van der Waals surface area contributed by atoms with E-state index in [0.717, 1.165) is 12.5 Å². The number of benzene rings is 1. The number of halogens is 3. The summed E-state index contributed by atoms with van der Waals surface area (Å²) in [5, 5.41) is 2.66. The first-order valence-corrected chi connectivity index (χ1v) is 9.08. The molecule has 1 atom stereocenters. The van der Waals surface area contributed by atoms with Crippen molar-refractivity contribution in [2.45, 2.75) is 19.2 Å². The lowest BCUT2D eigenvalue weighted by molar-refractivity contribution is -0.274. The van der Waals surface area contributed by atoms with Crippen molar-refractivity contribution >= 4 is 21.5 Å². The molecule has 0 radical (unpaired) electrons. The second-order valence-electron chi connectivity index (χ2n) is 5.55. The van der Waals surface area contributed by atoms with E-state index in [0.29, 0.717) is 6.42 Å². The van der Waals surface area contributed by atoms with Gasteiger partial charge in [-0.1, -0.05) is 6.07 Å². The van der Waals surface area contributed by atoms with Gasteiger partial charge in [-0.15, -0.1) is 13.2 Å². The van der Waals surface area contributed by atoms with Crippen molar-refractivity contribution < 1.29 is 26.3 Å². The number of sulfone groups is 1. The summed E-state index contributed by atoms with van der Waals surface area (Å²) < 4.78 is 63.5. The topological polar surface area (TPSA) is 93.8 Å². The Morgan fingerprint density at radius 2 is 2.17 bits per heavy atom. The minimum absolute atomic E-state index is 0.00197. The summed E-state index contributed by atoms with van der Waals surface area (Å²) in [6, 6.07) is 5.20. The number of nitrogens with zero attached hydrogens (tertiary/aromatic N) is 1. The summed E-state index contributed by atoms with van der Waals surface area (Å²) in [5.74, 6) is -0.184. The average molecular weight is 365 g/mol. The molecule has 1 unspecified atom stereocenters. The summed E-state index contributed by atoms with van der Waals surface area (Å²) in [5.41, 5.74) is 5.98. The van der Waals surface area contributed by atoms with Crippen LogP contribution in [0.15, 0.2) is 29.3 Å². The van der Waals surface area contributed by atoms with E-state index in [4.69, 9.17) is 5.73 Å². The molecular weight excluding hydrogens is 347 g/mol. The molecule has 2 rings (SSSR count). The number of anilines is 1. The van der Waals surface area contributed by atoms with E-state index in [-0.39, 0.29) is 41.4 Å². The number of hydrogen-bond donors (Lipinski definition) is 2. The highest BCUT2D eigenvalue weighted by Gasteiger charge is 2.31. The zero-order chi connectivity index (χ0) is 17.8. The second kappa shape index (κ2) is 7.29. The predicted octanol–water partition coefficient (Wildman–Crippen LogP) is 2.14. The fourth-order valence-electron chi connectivity index (χ4n) is 2.45. The van der Waals surface area contributed by atoms with Crippen LogP contribution in [0, 0.1) is 5.92 Å². The molecule has 1 aliphatic heterocycles. The lowest BCUT2D eigenvalue weighted by atomic mass is 10.1. The van der Waals surface area contributed by atoms with Crippen LogP contribution in [0.25, 0.3) is 0 Å². The van der Waals surface area contributed by atoms with Crippen molar-refractivity contribution in [3.05, 3.63) is 24.3 Å². The standard InChI is InChI=1S/C14H18F3N3O3S/c15-14(16,17)23-12-5-1-4-11(7-12)20-13(18)19-8-10-3-2-6-24(21,22)9-10/h1,4-5,7,10H,2-3,6,8-9H2,(H3,18,19,20). The monoisotopic (exact) mass is 365 g/mol. The summed E-state index contributed by atoms with van der Waals surface area (Å²) in [6.45, 7) is 0.247. The molecule has 1 heterocycles. The Bertz CT molecular complexity index is 705. The van der Waals surface area contributed by atoms with E-state index in [1.54, 1.807) is 0 Å². The van der Waals surface area contributed by atoms with Gasteiger partial charge in [0.1, 0.15) is 5.75 Å². The highest BCUT2D eigenvalue weighted by Crippen LogP contribution is 2.25. The van der Waals surface area contributed by atoms with E-state index in [1.165, 1.54) is 18.2 Å². The molecule has 134 valence electrons. The Morgan fingerprint density at radius 1 is 1.42 bits per heavy atom. The van der Waals surface area contributed by atoms with Gasteiger partial charge < -0.3 is 15.8 Å². The van der Waals surface area contributed by atoms with E-state index < -0.39 is 16.2 Å². The van der Waals surface area contributed by atoms with E-state index in [2.05, 4.69) is 15.0 Å². The molecule has 1 aliphatic rings. The highest BCUT2D eigenvalue weighted by atomic mass is 32.2. The molecule has 1 saturated heterocycles. The molecule has 10 heteroatoms. The molecule has 1 aromatic carbocycles. The number of aliphatic imine (C=N–C) groups is 1. The predicted molar refractivity (Wildman–Crippen MR) is 84.6 cm³/mol. The third kappa shape index (κ3) is 6.26. The number of alkyl halides is 3. The summed E-state index contributed by atoms with van der Waals surface area (Å²) in [7, 11) is -3.02. The van der Waals surface area contributed by atoms with Crippen LogP contribution < -0.4 is 15.8 Å². The first kappa shape index (κ1) is 18.4. The maximum atomic E-state index is 12.2. The van der Waals surface area contributed by atoms with E-state index >= 15 is 0 Å². The summed E-state index contributed by atoms with van der Waals surface area (Å²) in [6.07, 6.45) is -3.41. The number of nitrogens with one attached hydrogen (secondary N) is 1. The number of hydrogen-bond acceptors (Lipinski definition) is 4. The second-order valence-corrected chi connectivity index (χ2v) is 7.78. The number of nitrogens with two attached hydrogens (primary N) is 1. The third-order valence-corrected chi connectivity index (χ3v) is 5.31. The number of rotatable bonds is 4. The zero-order valence-corrected chi connectivity index (χ0v) is 13.5. The van der Waals surface area contributed by atoms with Gasteiger partial charge in [0.25, 0.3) is 0 Å². The summed E-state index contributed by atoms with van der Waals surface area (Å²) >= 11 is 0. The third-order valence-electron chi connectivity index (χ3n) is 3.42. The Balaban J connectivity index is 1.94. The molecule has 0 aliphatic carbocycles. The minimum Gasteiger partial charge on any atom is -0.406 e. The summed E-state index contributed by atoms with van der Waals surface area (Å²) in [4.78, 5) is 4.07. The van der Waals surface area contributed by atoms with Crippen LogP contribution in [0.1, 0.15) is 12.8 Å². The molecule has 0 amide bonds. The highest BCUT2D eigenvalue weighted by molar-refractivity contribution is 7.91. The number of guanidine groups is 1. The average Bonchev–Trinajstić information content (AvgIpc) is 2.42. The quantitative estimate of drug-likeness (QED) is 0.630. The fraction of sp³-hybridized carbons (Fsp3) is 0.500. The Labute approximate surface area is 137 Å².